The van der Waals surface area contributed by atoms with Gasteiger partial charge in [-0.15, -0.1) is 0 Å². The number of nitrogens with zero attached hydrogens (tertiary/aromatic N) is 4. The van der Waals surface area contributed by atoms with Crippen LogP contribution < -0.4 is 11.1 Å². The lowest BCUT2D eigenvalue weighted by Gasteiger charge is -2.35. The number of allylic oxidation sites excluding steroid dienone is 1. The molecule has 10 nitrogen and oxygen atoms in total. The number of hydrogen-bond donors (Lipinski definition) is 4. The zero-order chi connectivity index (χ0) is 27.3. The second-order valence-corrected chi connectivity index (χ2v) is 11.2. The number of carbonyl (C=O) groups is 2. The van der Waals surface area contributed by atoms with E-state index in [0.29, 0.717) is 52.9 Å². The van der Waals surface area contributed by atoms with Gasteiger partial charge in [0.2, 0.25) is 5.91 Å². The lowest BCUT2D eigenvalue weighted by molar-refractivity contribution is -0.122. The van der Waals surface area contributed by atoms with E-state index in [0.717, 1.165) is 25.1 Å². The number of carbonyl (C=O) groups excluding carboxylic acids is 2. The van der Waals surface area contributed by atoms with Gasteiger partial charge in [-0.1, -0.05) is 35.9 Å². The van der Waals surface area contributed by atoms with Crippen molar-refractivity contribution in [3.05, 3.63) is 53.2 Å². The van der Waals surface area contributed by atoms with Crippen molar-refractivity contribution in [2.75, 3.05) is 38.0 Å². The van der Waals surface area contributed by atoms with Crippen molar-refractivity contribution in [2.24, 2.45) is 23.5 Å². The first-order valence-corrected chi connectivity index (χ1v) is 13.7. The molecular weight excluding hydrogens is 518 g/mol. The maximum atomic E-state index is 13.1. The maximum Gasteiger partial charge on any atom is 0.253 e. The van der Waals surface area contributed by atoms with Gasteiger partial charge in [0, 0.05) is 49.9 Å². The SMILES string of the molecule is CC(O)CN1CCN(C(=O)c2ccc(-c3nc4ncc(Cl)c(N[C@H]5[C@@H](C(N)=O)[C@@H]6C=C[C@H]5C6)c4[nH]3)cc2)CC1. The van der Waals surface area contributed by atoms with Crippen LogP contribution in [0.25, 0.3) is 22.6 Å². The van der Waals surface area contributed by atoms with Crippen molar-refractivity contribution >= 4 is 40.3 Å². The molecule has 1 saturated carbocycles. The number of fused-ring (bicyclic) bond motifs is 3. The summed E-state index contributed by atoms with van der Waals surface area (Å²) in [6, 6.07) is 7.21. The van der Waals surface area contributed by atoms with E-state index in [2.05, 4.69) is 37.3 Å². The van der Waals surface area contributed by atoms with E-state index in [9.17, 15) is 14.7 Å². The van der Waals surface area contributed by atoms with Crippen LogP contribution in [0, 0.1) is 17.8 Å². The third kappa shape index (κ3) is 4.88. The van der Waals surface area contributed by atoms with Gasteiger partial charge in [-0.25, -0.2) is 9.97 Å². The van der Waals surface area contributed by atoms with E-state index < -0.39 is 0 Å². The van der Waals surface area contributed by atoms with Crippen LogP contribution in [0.3, 0.4) is 0 Å². The van der Waals surface area contributed by atoms with Gasteiger partial charge in [0.25, 0.3) is 5.91 Å². The Labute approximate surface area is 231 Å². The molecule has 2 aliphatic carbocycles. The Balaban J connectivity index is 1.20. The summed E-state index contributed by atoms with van der Waals surface area (Å²) >= 11 is 6.56. The number of benzene rings is 1. The fraction of sp³-hybridized carbons (Fsp3) is 0.429. The summed E-state index contributed by atoms with van der Waals surface area (Å²) in [6.07, 6.45) is 6.31. The lowest BCUT2D eigenvalue weighted by atomic mass is 9.88. The number of nitrogens with one attached hydrogen (secondary N) is 2. The molecule has 5 atom stereocenters. The normalized spacial score (nSPS) is 25.4. The minimum atomic E-state index is -0.377. The van der Waals surface area contributed by atoms with Crippen LogP contribution in [0.15, 0.2) is 42.6 Å². The molecule has 1 aromatic carbocycles. The molecule has 0 radical (unpaired) electrons. The Morgan fingerprint density at radius 3 is 2.59 bits per heavy atom. The van der Waals surface area contributed by atoms with Gasteiger partial charge < -0.3 is 26.0 Å². The van der Waals surface area contributed by atoms with Crippen molar-refractivity contribution in [1.82, 2.24) is 24.8 Å². The van der Waals surface area contributed by atoms with E-state index in [1.165, 1.54) is 0 Å². The van der Waals surface area contributed by atoms with Gasteiger partial charge in [0.1, 0.15) is 11.3 Å². The molecule has 3 aromatic rings. The fourth-order valence-corrected chi connectivity index (χ4v) is 6.44. The number of nitrogens with two attached hydrogens (primary N) is 1. The summed E-state index contributed by atoms with van der Waals surface area (Å²) in [7, 11) is 0. The summed E-state index contributed by atoms with van der Waals surface area (Å²) in [4.78, 5) is 41.7. The number of amides is 2. The maximum absolute atomic E-state index is 13.1. The number of pyridine rings is 1. The molecule has 6 rings (SSSR count). The summed E-state index contributed by atoms with van der Waals surface area (Å²) in [5.74, 6) is 0.341. The minimum absolute atomic E-state index is 0.00768. The molecule has 39 heavy (non-hydrogen) atoms. The zero-order valence-electron chi connectivity index (χ0n) is 21.7. The Morgan fingerprint density at radius 2 is 1.90 bits per heavy atom. The first-order chi connectivity index (χ1) is 18.8. The van der Waals surface area contributed by atoms with Crippen LogP contribution in [0.5, 0.6) is 0 Å². The highest BCUT2D eigenvalue weighted by molar-refractivity contribution is 6.34. The van der Waals surface area contributed by atoms with Crippen LogP contribution in [0.4, 0.5) is 5.69 Å². The van der Waals surface area contributed by atoms with Crippen molar-refractivity contribution < 1.29 is 14.7 Å². The average Bonchev–Trinajstić information content (AvgIpc) is 3.65. The highest BCUT2D eigenvalue weighted by Gasteiger charge is 2.47. The number of aliphatic hydroxyl groups excluding tert-OH is 1. The predicted molar refractivity (Wildman–Crippen MR) is 149 cm³/mol. The number of β-amino-alcohol motifs (C(OH)–C–C–N with tert-alkyl or cyclic N) is 1. The van der Waals surface area contributed by atoms with Crippen LogP contribution in [0.1, 0.15) is 23.7 Å². The summed E-state index contributed by atoms with van der Waals surface area (Å²) < 4.78 is 0. The first-order valence-electron chi connectivity index (χ1n) is 13.4. The lowest BCUT2D eigenvalue weighted by Crippen LogP contribution is -2.50. The number of primary amides is 1. The fourth-order valence-electron chi connectivity index (χ4n) is 6.25. The van der Waals surface area contributed by atoms with E-state index in [1.54, 1.807) is 13.1 Å². The van der Waals surface area contributed by atoms with E-state index in [-0.39, 0.29) is 41.7 Å². The number of anilines is 1. The average molecular weight is 550 g/mol. The second-order valence-electron chi connectivity index (χ2n) is 10.8. The summed E-state index contributed by atoms with van der Waals surface area (Å²) in [5.41, 5.74) is 8.98. The number of aliphatic hydroxyl groups is 1. The largest absolute Gasteiger partial charge is 0.392 e. The molecule has 1 saturated heterocycles. The number of piperazine rings is 1. The highest BCUT2D eigenvalue weighted by Crippen LogP contribution is 2.46. The number of aromatic nitrogens is 3. The van der Waals surface area contributed by atoms with Crippen molar-refractivity contribution in [2.45, 2.75) is 25.5 Å². The first kappa shape index (κ1) is 25.8. The van der Waals surface area contributed by atoms with E-state index >= 15 is 0 Å². The number of H-pyrrole nitrogens is 1. The molecule has 3 heterocycles. The monoisotopic (exact) mass is 549 g/mol. The number of imidazole rings is 1. The number of halogens is 1. The number of hydrogen-bond acceptors (Lipinski definition) is 7. The Hall–Kier alpha value is -3.47. The molecule has 204 valence electrons. The second kappa shape index (κ2) is 10.3. The molecule has 2 fully saturated rings. The molecule has 2 aromatic heterocycles. The third-order valence-electron chi connectivity index (χ3n) is 8.16. The van der Waals surface area contributed by atoms with Gasteiger partial charge >= 0.3 is 0 Å². The quantitative estimate of drug-likeness (QED) is 0.332. The summed E-state index contributed by atoms with van der Waals surface area (Å²) in [5, 5.41) is 13.5. The van der Waals surface area contributed by atoms with E-state index in [1.807, 2.05) is 29.2 Å². The van der Waals surface area contributed by atoms with Crippen LogP contribution in [0.2, 0.25) is 5.02 Å². The van der Waals surface area contributed by atoms with Gasteiger partial charge in [-0.3, -0.25) is 14.5 Å². The van der Waals surface area contributed by atoms with Gasteiger partial charge in [-0.2, -0.15) is 0 Å². The Kier molecular flexibility index (Phi) is 6.78. The molecule has 2 bridgehead atoms. The molecule has 3 aliphatic rings. The standard InChI is InChI=1S/C28H32ClN7O3/c1-15(37)14-35-8-10-36(11-9-35)28(39)17-4-2-16(3-5-17)26-33-24-23(20(29)13-31-27(24)34-26)32-22-19-7-6-18(12-19)21(22)25(30)38/h2-7,13,15,18-19,21-22,37H,8-12,14H2,1H3,(H2,30,38)(H2,31,32,33,34)/t15?,18-,19+,21+,22-/m1/s1. The van der Waals surface area contributed by atoms with Crippen molar-refractivity contribution in [3.8, 4) is 11.4 Å². The highest BCUT2D eigenvalue weighted by atomic mass is 35.5. The van der Waals surface area contributed by atoms with E-state index in [4.69, 9.17) is 17.3 Å². The minimum Gasteiger partial charge on any atom is -0.392 e. The number of rotatable bonds is 7. The van der Waals surface area contributed by atoms with Crippen molar-refractivity contribution in [3.63, 3.8) is 0 Å². The van der Waals surface area contributed by atoms with Crippen LogP contribution >= 0.6 is 11.6 Å². The smallest absolute Gasteiger partial charge is 0.253 e. The topological polar surface area (TPSA) is 140 Å². The van der Waals surface area contributed by atoms with Gasteiger partial charge in [-0.05, 0) is 37.3 Å². The van der Waals surface area contributed by atoms with Crippen molar-refractivity contribution in [1.29, 1.82) is 0 Å². The zero-order valence-corrected chi connectivity index (χ0v) is 22.4. The van der Waals surface area contributed by atoms with Gasteiger partial charge in [0.15, 0.2) is 5.65 Å². The molecular formula is C28H32ClN7O3. The molecule has 1 unspecified atom stereocenters. The number of aromatic amines is 1. The molecule has 5 N–H and O–H groups in total. The molecule has 1 aliphatic heterocycles. The van der Waals surface area contributed by atoms with Gasteiger partial charge in [0.05, 0.1) is 28.9 Å². The Morgan fingerprint density at radius 1 is 1.18 bits per heavy atom. The summed E-state index contributed by atoms with van der Waals surface area (Å²) in [6.45, 7) is 5.16. The molecule has 11 heteroatoms. The predicted octanol–water partition coefficient (Wildman–Crippen LogP) is 2.50. The Bertz CT molecular complexity index is 1430. The third-order valence-corrected chi connectivity index (χ3v) is 8.45. The molecule has 2 amide bonds. The van der Waals surface area contributed by atoms with Crippen LogP contribution in [-0.2, 0) is 4.79 Å². The van der Waals surface area contributed by atoms with Crippen LogP contribution in [-0.4, -0.2) is 86.5 Å². The molecule has 0 spiro atoms.